The molecule has 0 aliphatic heterocycles. The summed E-state index contributed by atoms with van der Waals surface area (Å²) in [6.07, 6.45) is 13.8. The number of allylic oxidation sites excluding steroid dienone is 1. The van der Waals surface area contributed by atoms with Gasteiger partial charge in [0.25, 0.3) is 0 Å². The molecule has 1 N–H and O–H groups in total. The molecule has 2 rings (SSSR count). The quantitative estimate of drug-likeness (QED) is 0.709. The molecule has 2 aliphatic carbocycles. The van der Waals surface area contributed by atoms with Crippen molar-refractivity contribution in [2.45, 2.75) is 77.3 Å². The van der Waals surface area contributed by atoms with Crippen LogP contribution in [0.4, 0.5) is 0 Å². The van der Waals surface area contributed by atoms with Crippen LogP contribution in [0.3, 0.4) is 0 Å². The molecule has 0 heterocycles. The molecule has 0 saturated heterocycles. The molecule has 0 aromatic heterocycles. The molecule has 1 heteroatoms. The summed E-state index contributed by atoms with van der Waals surface area (Å²) in [5, 5.41) is 3.79. The summed E-state index contributed by atoms with van der Waals surface area (Å²) < 4.78 is 0. The maximum atomic E-state index is 3.79. The third-order valence-electron chi connectivity index (χ3n) is 4.12. The molecule has 1 nitrogen and oxygen atoms in total. The molecule has 0 aromatic carbocycles. The summed E-state index contributed by atoms with van der Waals surface area (Å²) in [5.41, 5.74) is 1.78. The zero-order chi connectivity index (χ0) is 11.4. The molecule has 1 fully saturated rings. The minimum atomic E-state index is 0.634. The predicted octanol–water partition coefficient (Wildman–Crippen LogP) is 4.04. The van der Waals surface area contributed by atoms with Gasteiger partial charge in [-0.15, -0.1) is 0 Å². The Morgan fingerprint density at radius 2 is 1.94 bits per heavy atom. The monoisotopic (exact) mass is 221 g/mol. The van der Waals surface area contributed by atoms with Crippen molar-refractivity contribution in [2.75, 3.05) is 0 Å². The van der Waals surface area contributed by atoms with Crippen LogP contribution in [-0.2, 0) is 0 Å². The van der Waals surface area contributed by atoms with Gasteiger partial charge in [0.05, 0.1) is 0 Å². The molecule has 16 heavy (non-hydrogen) atoms. The summed E-state index contributed by atoms with van der Waals surface area (Å²) in [4.78, 5) is 0. The third-order valence-corrected chi connectivity index (χ3v) is 4.12. The molecule has 0 amide bonds. The van der Waals surface area contributed by atoms with Gasteiger partial charge in [-0.3, -0.25) is 0 Å². The van der Waals surface area contributed by atoms with Crippen molar-refractivity contribution in [3.63, 3.8) is 0 Å². The van der Waals surface area contributed by atoms with Crippen LogP contribution < -0.4 is 5.32 Å². The van der Waals surface area contributed by atoms with Gasteiger partial charge in [-0.2, -0.15) is 0 Å². The average molecular weight is 221 g/mol. The Balaban J connectivity index is 2.00. The standard InChI is InChI=1S/C15H27N/c1-12(2)16-15-11-7-6-10-14(15)13-8-4-3-5-9-13/h8,12,14-16H,3-7,9-11H2,1-2H3. The summed E-state index contributed by atoms with van der Waals surface area (Å²) in [6.45, 7) is 4.56. The maximum absolute atomic E-state index is 3.79. The molecular formula is C15H27N. The van der Waals surface area contributed by atoms with Gasteiger partial charge in [-0.1, -0.05) is 38.3 Å². The van der Waals surface area contributed by atoms with E-state index >= 15 is 0 Å². The van der Waals surface area contributed by atoms with Gasteiger partial charge in [-0.25, -0.2) is 0 Å². The van der Waals surface area contributed by atoms with Gasteiger partial charge >= 0.3 is 0 Å². The van der Waals surface area contributed by atoms with Crippen molar-refractivity contribution in [3.05, 3.63) is 11.6 Å². The maximum Gasteiger partial charge on any atom is 0.0135 e. The Hall–Kier alpha value is -0.300. The first-order valence-electron chi connectivity index (χ1n) is 7.22. The first kappa shape index (κ1) is 12.2. The minimum absolute atomic E-state index is 0.634. The SMILES string of the molecule is CC(C)NC1CCCCC1C1=CCCCC1. The zero-order valence-corrected chi connectivity index (χ0v) is 11.0. The molecule has 2 aliphatic rings. The molecule has 2 atom stereocenters. The highest BCUT2D eigenvalue weighted by Crippen LogP contribution is 2.35. The van der Waals surface area contributed by atoms with Crippen molar-refractivity contribution in [3.8, 4) is 0 Å². The fourth-order valence-corrected chi connectivity index (χ4v) is 3.40. The molecule has 0 aromatic rings. The van der Waals surface area contributed by atoms with Crippen molar-refractivity contribution < 1.29 is 0 Å². The van der Waals surface area contributed by atoms with Crippen molar-refractivity contribution in [1.29, 1.82) is 0 Å². The third kappa shape index (κ3) is 3.10. The highest BCUT2D eigenvalue weighted by Gasteiger charge is 2.28. The summed E-state index contributed by atoms with van der Waals surface area (Å²) in [5.74, 6) is 0.858. The van der Waals surface area contributed by atoms with Crippen LogP contribution >= 0.6 is 0 Å². The smallest absolute Gasteiger partial charge is 0.0135 e. The van der Waals surface area contributed by atoms with Crippen LogP contribution in [0.2, 0.25) is 0 Å². The molecular weight excluding hydrogens is 194 g/mol. The highest BCUT2D eigenvalue weighted by atomic mass is 14.9. The van der Waals surface area contributed by atoms with Crippen LogP contribution in [-0.4, -0.2) is 12.1 Å². The predicted molar refractivity (Wildman–Crippen MR) is 70.6 cm³/mol. The van der Waals surface area contributed by atoms with Crippen LogP contribution in [0.1, 0.15) is 65.2 Å². The van der Waals surface area contributed by atoms with Crippen molar-refractivity contribution in [1.82, 2.24) is 5.32 Å². The molecule has 1 saturated carbocycles. The molecule has 92 valence electrons. The Morgan fingerprint density at radius 1 is 1.12 bits per heavy atom. The van der Waals surface area contributed by atoms with Crippen molar-refractivity contribution in [2.24, 2.45) is 5.92 Å². The lowest BCUT2D eigenvalue weighted by Crippen LogP contribution is -2.43. The normalized spacial score (nSPS) is 31.6. The van der Waals surface area contributed by atoms with Gasteiger partial charge in [0.15, 0.2) is 0 Å². The molecule has 2 unspecified atom stereocenters. The first-order valence-corrected chi connectivity index (χ1v) is 7.22. The lowest BCUT2D eigenvalue weighted by Gasteiger charge is -2.36. The first-order chi connectivity index (χ1) is 7.77. The molecule has 0 bridgehead atoms. The Morgan fingerprint density at radius 3 is 2.62 bits per heavy atom. The number of hydrogen-bond donors (Lipinski definition) is 1. The van der Waals surface area contributed by atoms with Crippen LogP contribution in [0.15, 0.2) is 11.6 Å². The second kappa shape index (κ2) is 5.86. The van der Waals surface area contributed by atoms with Gasteiger partial charge in [0, 0.05) is 12.1 Å². The lowest BCUT2D eigenvalue weighted by atomic mass is 9.76. The Kier molecular flexibility index (Phi) is 4.45. The van der Waals surface area contributed by atoms with Crippen LogP contribution in [0.5, 0.6) is 0 Å². The van der Waals surface area contributed by atoms with Gasteiger partial charge < -0.3 is 5.32 Å². The lowest BCUT2D eigenvalue weighted by molar-refractivity contribution is 0.273. The fourth-order valence-electron chi connectivity index (χ4n) is 3.40. The van der Waals surface area contributed by atoms with Crippen LogP contribution in [0, 0.1) is 5.92 Å². The number of hydrogen-bond acceptors (Lipinski definition) is 1. The number of nitrogens with one attached hydrogen (secondary N) is 1. The van der Waals surface area contributed by atoms with E-state index in [4.69, 9.17) is 0 Å². The summed E-state index contributed by atoms with van der Waals surface area (Å²) in [7, 11) is 0. The van der Waals surface area contributed by atoms with E-state index in [0.29, 0.717) is 6.04 Å². The Labute approximate surface area is 101 Å². The van der Waals surface area contributed by atoms with Gasteiger partial charge in [0.2, 0.25) is 0 Å². The van der Waals surface area contributed by atoms with E-state index in [2.05, 4.69) is 25.2 Å². The van der Waals surface area contributed by atoms with E-state index in [1.165, 1.54) is 51.4 Å². The van der Waals surface area contributed by atoms with E-state index in [-0.39, 0.29) is 0 Å². The Bertz CT molecular complexity index is 242. The summed E-state index contributed by atoms with van der Waals surface area (Å²) >= 11 is 0. The largest absolute Gasteiger partial charge is 0.311 e. The fraction of sp³-hybridized carbons (Fsp3) is 0.867. The van der Waals surface area contributed by atoms with Crippen molar-refractivity contribution >= 4 is 0 Å². The molecule has 0 spiro atoms. The van der Waals surface area contributed by atoms with E-state index in [1.807, 2.05) is 0 Å². The second-order valence-corrected chi connectivity index (χ2v) is 5.84. The van der Waals surface area contributed by atoms with Crippen LogP contribution in [0.25, 0.3) is 0 Å². The highest BCUT2D eigenvalue weighted by molar-refractivity contribution is 5.13. The van der Waals surface area contributed by atoms with Gasteiger partial charge in [-0.05, 0) is 44.4 Å². The molecule has 0 radical (unpaired) electrons. The van der Waals surface area contributed by atoms with E-state index in [1.54, 1.807) is 5.57 Å². The van der Waals surface area contributed by atoms with E-state index in [0.717, 1.165) is 12.0 Å². The van der Waals surface area contributed by atoms with E-state index in [9.17, 15) is 0 Å². The summed E-state index contributed by atoms with van der Waals surface area (Å²) in [6, 6.07) is 1.40. The number of rotatable bonds is 3. The van der Waals surface area contributed by atoms with Gasteiger partial charge in [0.1, 0.15) is 0 Å². The second-order valence-electron chi connectivity index (χ2n) is 5.84. The van der Waals surface area contributed by atoms with E-state index < -0.39 is 0 Å². The minimum Gasteiger partial charge on any atom is -0.311 e. The zero-order valence-electron chi connectivity index (χ0n) is 11.0. The topological polar surface area (TPSA) is 12.0 Å². The average Bonchev–Trinajstić information content (AvgIpc) is 2.30.